The molecule has 19 heavy (non-hydrogen) atoms. The summed E-state index contributed by atoms with van der Waals surface area (Å²) >= 11 is 5.30. The van der Waals surface area contributed by atoms with Crippen LogP contribution in [0.1, 0.15) is 24.8 Å². The summed E-state index contributed by atoms with van der Waals surface area (Å²) in [5, 5.41) is 2.98. The van der Waals surface area contributed by atoms with Gasteiger partial charge in [0.1, 0.15) is 0 Å². The summed E-state index contributed by atoms with van der Waals surface area (Å²) in [4.78, 5) is 19.2. The van der Waals surface area contributed by atoms with Crippen LogP contribution in [-0.4, -0.2) is 26.5 Å². The summed E-state index contributed by atoms with van der Waals surface area (Å²) in [6, 6.07) is 2.35. The van der Waals surface area contributed by atoms with Crippen molar-refractivity contribution in [3.8, 4) is 0 Å². The van der Waals surface area contributed by atoms with Crippen LogP contribution in [-0.2, 0) is 11.3 Å². The van der Waals surface area contributed by atoms with Gasteiger partial charge in [0.05, 0.1) is 5.52 Å². The Hall–Kier alpha value is -1.69. The zero-order valence-electron chi connectivity index (χ0n) is 10.8. The van der Waals surface area contributed by atoms with E-state index in [1.165, 1.54) is 0 Å². The van der Waals surface area contributed by atoms with Crippen molar-refractivity contribution in [3.05, 3.63) is 22.6 Å². The standard InChI is InChI=1S/C13H16N4OS/c1-8-4-6-14-12-11(8)16-13(19)17(12)7-5-10(18)15-9-2-3-9/h4,6,9H,2-3,5,7H2,1H3,(H,15,18)(H,16,19). The van der Waals surface area contributed by atoms with Crippen molar-refractivity contribution in [2.45, 2.75) is 38.8 Å². The van der Waals surface area contributed by atoms with Crippen LogP contribution in [0.5, 0.6) is 0 Å². The summed E-state index contributed by atoms with van der Waals surface area (Å²) in [6.45, 7) is 2.58. The SMILES string of the molecule is Cc1ccnc2c1[nH]c(=S)n2CCC(=O)NC1CC1. The third-order valence-corrected chi connectivity index (χ3v) is 3.70. The molecule has 0 bridgehead atoms. The van der Waals surface area contributed by atoms with Crippen molar-refractivity contribution >= 4 is 29.3 Å². The number of hydrogen-bond acceptors (Lipinski definition) is 3. The topological polar surface area (TPSA) is 62.7 Å². The molecule has 1 aliphatic carbocycles. The molecule has 0 atom stereocenters. The first-order valence-corrected chi connectivity index (χ1v) is 6.89. The van der Waals surface area contributed by atoms with E-state index >= 15 is 0 Å². The molecule has 1 fully saturated rings. The Morgan fingerprint density at radius 3 is 3.16 bits per heavy atom. The highest BCUT2D eigenvalue weighted by Crippen LogP contribution is 2.19. The van der Waals surface area contributed by atoms with Crippen molar-refractivity contribution in [1.82, 2.24) is 19.9 Å². The number of fused-ring (bicyclic) bond motifs is 1. The molecule has 0 aromatic carbocycles. The minimum atomic E-state index is 0.0893. The zero-order chi connectivity index (χ0) is 13.4. The molecular weight excluding hydrogens is 260 g/mol. The number of H-pyrrole nitrogens is 1. The van der Waals surface area contributed by atoms with Gasteiger partial charge >= 0.3 is 0 Å². The summed E-state index contributed by atoms with van der Waals surface area (Å²) in [7, 11) is 0. The van der Waals surface area contributed by atoms with Crippen LogP contribution >= 0.6 is 12.2 Å². The molecule has 1 amide bonds. The van der Waals surface area contributed by atoms with Crippen LogP contribution < -0.4 is 5.32 Å². The molecule has 3 rings (SSSR count). The van der Waals surface area contributed by atoms with Crippen molar-refractivity contribution < 1.29 is 4.79 Å². The second-order valence-electron chi connectivity index (χ2n) is 5.00. The number of nitrogens with one attached hydrogen (secondary N) is 2. The predicted octanol–water partition coefficient (Wildman–Crippen LogP) is 2.07. The number of amides is 1. The minimum Gasteiger partial charge on any atom is -0.353 e. The van der Waals surface area contributed by atoms with E-state index in [1.807, 2.05) is 17.6 Å². The third-order valence-electron chi connectivity index (χ3n) is 3.38. The van der Waals surface area contributed by atoms with Gasteiger partial charge in [-0.15, -0.1) is 0 Å². The van der Waals surface area contributed by atoms with Crippen LogP contribution in [0.3, 0.4) is 0 Å². The molecule has 2 N–H and O–H groups in total. The molecule has 5 nitrogen and oxygen atoms in total. The second kappa shape index (κ2) is 4.77. The lowest BCUT2D eigenvalue weighted by atomic mass is 10.3. The number of nitrogens with zero attached hydrogens (tertiary/aromatic N) is 2. The van der Waals surface area contributed by atoms with Crippen molar-refractivity contribution in [3.63, 3.8) is 0 Å². The summed E-state index contributed by atoms with van der Waals surface area (Å²) in [5.74, 6) is 0.0893. The van der Waals surface area contributed by atoms with E-state index in [2.05, 4.69) is 15.3 Å². The fraction of sp³-hybridized carbons (Fsp3) is 0.462. The van der Waals surface area contributed by atoms with Crippen LogP contribution in [0.2, 0.25) is 0 Å². The second-order valence-corrected chi connectivity index (χ2v) is 5.39. The lowest BCUT2D eigenvalue weighted by Gasteiger charge is -2.05. The Kier molecular flexibility index (Phi) is 3.10. The van der Waals surface area contributed by atoms with Gasteiger partial charge in [-0.3, -0.25) is 4.79 Å². The van der Waals surface area contributed by atoms with E-state index in [4.69, 9.17) is 12.2 Å². The first kappa shape index (κ1) is 12.3. The van der Waals surface area contributed by atoms with Gasteiger partial charge in [0.25, 0.3) is 0 Å². The molecule has 2 heterocycles. The van der Waals surface area contributed by atoms with Crippen molar-refractivity contribution in [2.24, 2.45) is 0 Å². The Bertz CT molecular complexity index is 683. The Morgan fingerprint density at radius 1 is 1.63 bits per heavy atom. The number of imidazole rings is 1. The van der Waals surface area contributed by atoms with Crippen LogP contribution in [0.25, 0.3) is 11.2 Å². The van der Waals surface area contributed by atoms with Crippen LogP contribution in [0.4, 0.5) is 0 Å². The number of aryl methyl sites for hydroxylation is 2. The first-order chi connectivity index (χ1) is 9.15. The van der Waals surface area contributed by atoms with Gasteiger partial charge in [0.2, 0.25) is 5.91 Å². The predicted molar refractivity (Wildman–Crippen MR) is 75.4 cm³/mol. The lowest BCUT2D eigenvalue weighted by molar-refractivity contribution is -0.121. The van der Waals surface area contributed by atoms with Gasteiger partial charge in [0, 0.05) is 25.2 Å². The van der Waals surface area contributed by atoms with Crippen LogP contribution in [0.15, 0.2) is 12.3 Å². The van der Waals surface area contributed by atoms with Crippen molar-refractivity contribution in [2.75, 3.05) is 0 Å². The molecule has 100 valence electrons. The zero-order valence-corrected chi connectivity index (χ0v) is 11.6. The molecule has 2 aromatic heterocycles. The average Bonchev–Trinajstić information content (AvgIpc) is 3.11. The number of aromatic amines is 1. The molecule has 0 radical (unpaired) electrons. The molecule has 2 aromatic rings. The highest BCUT2D eigenvalue weighted by Gasteiger charge is 2.23. The number of pyridine rings is 1. The molecule has 0 aliphatic heterocycles. The summed E-state index contributed by atoms with van der Waals surface area (Å²) in [6.07, 6.45) is 4.42. The maximum atomic E-state index is 11.7. The lowest BCUT2D eigenvalue weighted by Crippen LogP contribution is -2.26. The minimum absolute atomic E-state index is 0.0893. The van der Waals surface area contributed by atoms with Gasteiger partial charge in [-0.2, -0.15) is 0 Å². The Morgan fingerprint density at radius 2 is 2.42 bits per heavy atom. The smallest absolute Gasteiger partial charge is 0.222 e. The molecule has 6 heteroatoms. The highest BCUT2D eigenvalue weighted by atomic mass is 32.1. The molecule has 0 spiro atoms. The maximum absolute atomic E-state index is 11.7. The number of rotatable bonds is 4. The average molecular weight is 276 g/mol. The molecule has 1 aliphatic rings. The Balaban J connectivity index is 1.80. The molecule has 0 unspecified atom stereocenters. The number of carbonyl (C=O) groups excluding carboxylic acids is 1. The molecule has 0 saturated heterocycles. The van der Waals surface area contributed by atoms with E-state index in [0.717, 1.165) is 29.6 Å². The number of hydrogen-bond donors (Lipinski definition) is 2. The Labute approximate surface area is 116 Å². The van der Waals surface area contributed by atoms with Gasteiger partial charge in [-0.05, 0) is 43.6 Å². The van der Waals surface area contributed by atoms with Gasteiger partial charge in [-0.25, -0.2) is 4.98 Å². The van der Waals surface area contributed by atoms with E-state index in [9.17, 15) is 4.79 Å². The van der Waals surface area contributed by atoms with E-state index in [0.29, 0.717) is 23.8 Å². The maximum Gasteiger partial charge on any atom is 0.222 e. The fourth-order valence-corrected chi connectivity index (χ4v) is 2.40. The van der Waals surface area contributed by atoms with E-state index in [-0.39, 0.29) is 5.91 Å². The van der Waals surface area contributed by atoms with E-state index in [1.54, 1.807) is 6.20 Å². The van der Waals surface area contributed by atoms with E-state index < -0.39 is 0 Å². The summed E-state index contributed by atoms with van der Waals surface area (Å²) in [5.41, 5.74) is 2.89. The number of carbonyl (C=O) groups is 1. The molecule has 1 saturated carbocycles. The highest BCUT2D eigenvalue weighted by molar-refractivity contribution is 7.71. The quantitative estimate of drug-likeness (QED) is 0.840. The first-order valence-electron chi connectivity index (χ1n) is 6.48. The van der Waals surface area contributed by atoms with Crippen LogP contribution in [0, 0.1) is 11.7 Å². The van der Waals surface area contributed by atoms with Gasteiger partial charge in [0.15, 0.2) is 10.4 Å². The number of aromatic nitrogens is 3. The molecular formula is C13H16N4OS. The third kappa shape index (κ3) is 2.53. The van der Waals surface area contributed by atoms with Gasteiger partial charge < -0.3 is 14.9 Å². The normalized spacial score (nSPS) is 14.8. The van der Waals surface area contributed by atoms with Crippen molar-refractivity contribution in [1.29, 1.82) is 0 Å². The monoisotopic (exact) mass is 276 g/mol. The largest absolute Gasteiger partial charge is 0.353 e. The fourth-order valence-electron chi connectivity index (χ4n) is 2.12. The summed E-state index contributed by atoms with van der Waals surface area (Å²) < 4.78 is 2.51. The van der Waals surface area contributed by atoms with Gasteiger partial charge in [-0.1, -0.05) is 0 Å².